The fourth-order valence-corrected chi connectivity index (χ4v) is 1.71. The van der Waals surface area contributed by atoms with E-state index in [1.54, 1.807) is 12.4 Å². The van der Waals surface area contributed by atoms with E-state index in [2.05, 4.69) is 15.0 Å². The van der Waals surface area contributed by atoms with Crippen molar-refractivity contribution >= 4 is 0 Å². The summed E-state index contributed by atoms with van der Waals surface area (Å²) in [6.07, 6.45) is 3.54. The van der Waals surface area contributed by atoms with Gasteiger partial charge in [0.05, 0.1) is 11.4 Å². The Balaban J connectivity index is 0.000000160. The van der Waals surface area contributed by atoms with E-state index in [-0.39, 0.29) is 0 Å². The van der Waals surface area contributed by atoms with Gasteiger partial charge in [-0.1, -0.05) is 18.2 Å². The Hall–Kier alpha value is -2.55. The Kier molecular flexibility index (Phi) is 4.95. The third-order valence-electron chi connectivity index (χ3n) is 2.62. The van der Waals surface area contributed by atoms with Crippen LogP contribution in [0.5, 0.6) is 0 Å². The minimum absolute atomic E-state index is 0.915. The molecule has 3 heteroatoms. The normalized spacial score (nSPS) is 9.50. The molecule has 20 heavy (non-hydrogen) atoms. The Bertz CT molecular complexity index is 582. The topological polar surface area (TPSA) is 38.7 Å². The first-order valence-corrected chi connectivity index (χ1v) is 6.48. The van der Waals surface area contributed by atoms with E-state index in [0.29, 0.717) is 0 Å². The first kappa shape index (κ1) is 13.9. The minimum atomic E-state index is 0.915. The number of nitrogens with zero attached hydrogens (tertiary/aromatic N) is 3. The van der Waals surface area contributed by atoms with Gasteiger partial charge in [-0.15, -0.1) is 0 Å². The zero-order valence-electron chi connectivity index (χ0n) is 11.7. The van der Waals surface area contributed by atoms with Crippen molar-refractivity contribution in [2.24, 2.45) is 0 Å². The zero-order chi connectivity index (χ0) is 14.2. The Labute approximate surface area is 119 Å². The number of aryl methyl sites for hydroxylation is 2. The van der Waals surface area contributed by atoms with E-state index in [4.69, 9.17) is 0 Å². The summed E-state index contributed by atoms with van der Waals surface area (Å²) in [6.45, 7) is 3.99. The molecule has 0 unspecified atom stereocenters. The maximum atomic E-state index is 4.19. The standard InChI is InChI=1S/C10H8N2.C7H9N/c1-3-7-11-9(5-1)10-6-2-4-8-12-10;1-6-4-3-5-7(2)8-6/h1-8H;3-5H,1-2H3. The van der Waals surface area contributed by atoms with Crippen LogP contribution in [0.15, 0.2) is 67.0 Å². The summed E-state index contributed by atoms with van der Waals surface area (Å²) in [7, 11) is 0. The molecule has 0 fully saturated rings. The van der Waals surface area contributed by atoms with Gasteiger partial charge in [0.15, 0.2) is 0 Å². The average Bonchev–Trinajstić information content (AvgIpc) is 2.49. The monoisotopic (exact) mass is 263 g/mol. The van der Waals surface area contributed by atoms with Crippen LogP contribution in [-0.2, 0) is 0 Å². The van der Waals surface area contributed by atoms with Crippen molar-refractivity contribution in [3.8, 4) is 11.4 Å². The van der Waals surface area contributed by atoms with Gasteiger partial charge in [-0.3, -0.25) is 15.0 Å². The number of hydrogen-bond acceptors (Lipinski definition) is 3. The van der Waals surface area contributed by atoms with Crippen molar-refractivity contribution in [1.82, 2.24) is 15.0 Å². The van der Waals surface area contributed by atoms with Gasteiger partial charge >= 0.3 is 0 Å². The van der Waals surface area contributed by atoms with Crippen molar-refractivity contribution in [3.63, 3.8) is 0 Å². The lowest BCUT2D eigenvalue weighted by atomic mass is 10.2. The van der Waals surface area contributed by atoms with Gasteiger partial charge in [0.2, 0.25) is 0 Å². The molecule has 3 rings (SSSR count). The smallest absolute Gasteiger partial charge is 0.0886 e. The predicted octanol–water partition coefficient (Wildman–Crippen LogP) is 3.84. The molecular weight excluding hydrogens is 246 g/mol. The second kappa shape index (κ2) is 7.14. The highest BCUT2D eigenvalue weighted by molar-refractivity contribution is 5.52. The number of rotatable bonds is 1. The van der Waals surface area contributed by atoms with Gasteiger partial charge in [-0.05, 0) is 50.2 Å². The van der Waals surface area contributed by atoms with E-state index >= 15 is 0 Å². The summed E-state index contributed by atoms with van der Waals surface area (Å²) >= 11 is 0. The van der Waals surface area contributed by atoms with Gasteiger partial charge < -0.3 is 0 Å². The summed E-state index contributed by atoms with van der Waals surface area (Å²) in [6, 6.07) is 17.6. The molecule has 3 nitrogen and oxygen atoms in total. The summed E-state index contributed by atoms with van der Waals surface area (Å²) in [5, 5.41) is 0. The van der Waals surface area contributed by atoms with Crippen molar-refractivity contribution in [2.75, 3.05) is 0 Å². The number of aromatic nitrogens is 3. The summed E-state index contributed by atoms with van der Waals surface area (Å²) < 4.78 is 0. The highest BCUT2D eigenvalue weighted by Crippen LogP contribution is 2.10. The minimum Gasteiger partial charge on any atom is -0.258 e. The van der Waals surface area contributed by atoms with Crippen molar-refractivity contribution in [3.05, 3.63) is 78.4 Å². The first-order valence-electron chi connectivity index (χ1n) is 6.48. The van der Waals surface area contributed by atoms with Crippen LogP contribution in [0.2, 0.25) is 0 Å². The third kappa shape index (κ3) is 4.28. The van der Waals surface area contributed by atoms with Crippen LogP contribution in [0.3, 0.4) is 0 Å². The Morgan fingerprint density at radius 1 is 0.600 bits per heavy atom. The molecule has 0 aromatic carbocycles. The van der Waals surface area contributed by atoms with E-state index in [1.165, 1.54) is 0 Å². The van der Waals surface area contributed by atoms with Gasteiger partial charge in [0.1, 0.15) is 0 Å². The van der Waals surface area contributed by atoms with Crippen molar-refractivity contribution in [2.45, 2.75) is 13.8 Å². The molecule has 0 saturated carbocycles. The molecule has 0 amide bonds. The van der Waals surface area contributed by atoms with Crippen LogP contribution in [0.4, 0.5) is 0 Å². The van der Waals surface area contributed by atoms with Crippen LogP contribution in [0, 0.1) is 13.8 Å². The van der Waals surface area contributed by atoms with E-state index in [9.17, 15) is 0 Å². The fourth-order valence-electron chi connectivity index (χ4n) is 1.71. The molecular formula is C17H17N3. The fraction of sp³-hybridized carbons (Fsp3) is 0.118. The molecule has 3 heterocycles. The molecule has 0 saturated heterocycles. The molecule has 0 radical (unpaired) electrons. The highest BCUT2D eigenvalue weighted by atomic mass is 14.7. The second-order valence-corrected chi connectivity index (χ2v) is 4.35. The predicted molar refractivity (Wildman–Crippen MR) is 81.2 cm³/mol. The zero-order valence-corrected chi connectivity index (χ0v) is 11.7. The Morgan fingerprint density at radius 2 is 1.10 bits per heavy atom. The summed E-state index contributed by atoms with van der Waals surface area (Å²) in [5.74, 6) is 0. The largest absolute Gasteiger partial charge is 0.258 e. The molecule has 0 aliphatic rings. The quantitative estimate of drug-likeness (QED) is 0.669. The third-order valence-corrected chi connectivity index (χ3v) is 2.62. The molecule has 0 atom stereocenters. The van der Waals surface area contributed by atoms with Crippen LogP contribution in [0.25, 0.3) is 11.4 Å². The van der Waals surface area contributed by atoms with Gasteiger partial charge in [-0.2, -0.15) is 0 Å². The highest BCUT2D eigenvalue weighted by Gasteiger charge is 1.95. The maximum Gasteiger partial charge on any atom is 0.0886 e. The van der Waals surface area contributed by atoms with Crippen molar-refractivity contribution in [1.29, 1.82) is 0 Å². The number of pyridine rings is 3. The molecule has 3 aromatic heterocycles. The van der Waals surface area contributed by atoms with E-state index < -0.39 is 0 Å². The lowest BCUT2D eigenvalue weighted by Crippen LogP contribution is -1.83. The molecule has 0 aliphatic heterocycles. The molecule has 0 aliphatic carbocycles. The van der Waals surface area contributed by atoms with E-state index in [1.807, 2.05) is 68.4 Å². The van der Waals surface area contributed by atoms with Gasteiger partial charge in [0.25, 0.3) is 0 Å². The van der Waals surface area contributed by atoms with Gasteiger partial charge in [-0.25, -0.2) is 0 Å². The SMILES string of the molecule is Cc1cccc(C)n1.c1ccc(-c2ccccn2)nc1. The second-order valence-electron chi connectivity index (χ2n) is 4.35. The van der Waals surface area contributed by atoms with Crippen molar-refractivity contribution < 1.29 is 0 Å². The maximum absolute atomic E-state index is 4.19. The molecule has 100 valence electrons. The first-order chi connectivity index (χ1) is 9.75. The molecule has 0 spiro atoms. The lowest BCUT2D eigenvalue weighted by molar-refractivity contribution is 1.12. The van der Waals surface area contributed by atoms with E-state index in [0.717, 1.165) is 22.8 Å². The summed E-state index contributed by atoms with van der Waals surface area (Å²) in [5.41, 5.74) is 4.01. The summed E-state index contributed by atoms with van der Waals surface area (Å²) in [4.78, 5) is 12.5. The lowest BCUT2D eigenvalue weighted by Gasteiger charge is -1.96. The van der Waals surface area contributed by atoms with Crippen LogP contribution in [-0.4, -0.2) is 15.0 Å². The van der Waals surface area contributed by atoms with Crippen LogP contribution < -0.4 is 0 Å². The number of hydrogen-bond donors (Lipinski definition) is 0. The van der Waals surface area contributed by atoms with Gasteiger partial charge in [0, 0.05) is 23.8 Å². The average molecular weight is 263 g/mol. The molecule has 3 aromatic rings. The van der Waals surface area contributed by atoms with Crippen LogP contribution in [0.1, 0.15) is 11.4 Å². The molecule has 0 bridgehead atoms. The Morgan fingerprint density at radius 3 is 1.40 bits per heavy atom. The molecule has 0 N–H and O–H groups in total. The van der Waals surface area contributed by atoms with Crippen LogP contribution >= 0.6 is 0 Å².